The zero-order valence-electron chi connectivity index (χ0n) is 9.95. The largest absolute Gasteiger partial charge is 0.463 e. The average Bonchev–Trinajstić information content (AvgIpc) is 2.23. The Morgan fingerprint density at radius 1 is 1.19 bits per heavy atom. The molecule has 0 aromatic rings. The van der Waals surface area contributed by atoms with Crippen molar-refractivity contribution in [3.8, 4) is 0 Å². The smallest absolute Gasteiger partial charge is 0.330 e. The van der Waals surface area contributed by atoms with Gasteiger partial charge in [0.1, 0.15) is 0 Å². The van der Waals surface area contributed by atoms with Crippen LogP contribution in [0.5, 0.6) is 0 Å². The maximum atomic E-state index is 11.5. The minimum atomic E-state index is -0.120. The Kier molecular flexibility index (Phi) is 2.53. The number of carbonyl (C=O) groups excluding carboxylic acids is 1. The predicted octanol–water partition coefficient (Wildman–Crippen LogP) is 2.93. The highest BCUT2D eigenvalue weighted by molar-refractivity contribution is 5.83. The molecule has 0 amide bonds. The van der Waals surface area contributed by atoms with E-state index in [9.17, 15) is 4.79 Å². The van der Waals surface area contributed by atoms with Crippen LogP contribution in [0.3, 0.4) is 0 Å². The lowest BCUT2D eigenvalue weighted by Crippen LogP contribution is -2.40. The highest BCUT2D eigenvalue weighted by atomic mass is 16.5. The van der Waals surface area contributed by atoms with Gasteiger partial charge in [0.2, 0.25) is 0 Å². The van der Waals surface area contributed by atoms with Crippen LogP contribution >= 0.6 is 0 Å². The fourth-order valence-electron chi connectivity index (χ4n) is 4.28. The summed E-state index contributed by atoms with van der Waals surface area (Å²) < 4.78 is 5.03. The summed E-state index contributed by atoms with van der Waals surface area (Å²) >= 11 is 0. The van der Waals surface area contributed by atoms with Gasteiger partial charge in [-0.25, -0.2) is 4.79 Å². The van der Waals surface area contributed by atoms with Gasteiger partial charge in [-0.3, -0.25) is 0 Å². The van der Waals surface area contributed by atoms with E-state index in [2.05, 4.69) is 0 Å². The summed E-state index contributed by atoms with van der Waals surface area (Å²) in [6.07, 6.45) is 8.60. The Balaban J connectivity index is 1.78. The van der Waals surface area contributed by atoms with E-state index in [0.717, 1.165) is 11.8 Å². The van der Waals surface area contributed by atoms with E-state index in [1.54, 1.807) is 0 Å². The van der Waals surface area contributed by atoms with E-state index in [1.807, 2.05) is 13.0 Å². The molecular weight excluding hydrogens is 200 g/mol. The molecule has 0 spiro atoms. The summed E-state index contributed by atoms with van der Waals surface area (Å²) in [4.78, 5) is 11.5. The van der Waals surface area contributed by atoms with E-state index in [1.165, 1.54) is 37.7 Å². The van der Waals surface area contributed by atoms with Crippen molar-refractivity contribution in [2.24, 2.45) is 23.7 Å². The molecule has 4 rings (SSSR count). The number of hydrogen-bond donors (Lipinski definition) is 0. The first kappa shape index (κ1) is 10.4. The van der Waals surface area contributed by atoms with Crippen molar-refractivity contribution in [3.63, 3.8) is 0 Å². The first-order valence-electron chi connectivity index (χ1n) is 6.64. The molecule has 4 fully saturated rings. The van der Waals surface area contributed by atoms with Crippen LogP contribution in [-0.2, 0) is 9.53 Å². The molecule has 4 aliphatic rings. The molecular formula is C14H20O2. The van der Waals surface area contributed by atoms with Crippen molar-refractivity contribution in [3.05, 3.63) is 11.6 Å². The normalized spacial score (nSPS) is 39.9. The van der Waals surface area contributed by atoms with Crippen LogP contribution < -0.4 is 0 Å². The minimum absolute atomic E-state index is 0.120. The summed E-state index contributed by atoms with van der Waals surface area (Å²) in [7, 11) is 0. The quantitative estimate of drug-likeness (QED) is 0.528. The Morgan fingerprint density at radius 3 is 2.25 bits per heavy atom. The zero-order valence-corrected chi connectivity index (χ0v) is 9.95. The van der Waals surface area contributed by atoms with Gasteiger partial charge in [-0.1, -0.05) is 5.57 Å². The number of esters is 1. The second kappa shape index (κ2) is 3.90. The molecule has 0 aromatic carbocycles. The monoisotopic (exact) mass is 220 g/mol. The fraction of sp³-hybridized carbons (Fsp3) is 0.786. The van der Waals surface area contributed by atoms with Gasteiger partial charge in [0, 0.05) is 6.08 Å². The lowest BCUT2D eigenvalue weighted by atomic mass is 9.54. The van der Waals surface area contributed by atoms with E-state index in [0.29, 0.717) is 18.4 Å². The summed E-state index contributed by atoms with van der Waals surface area (Å²) in [6, 6.07) is 0. The second-order valence-corrected chi connectivity index (χ2v) is 5.70. The van der Waals surface area contributed by atoms with Crippen LogP contribution in [0.25, 0.3) is 0 Å². The van der Waals surface area contributed by atoms with Crippen LogP contribution in [0.4, 0.5) is 0 Å². The van der Waals surface area contributed by atoms with E-state index in [-0.39, 0.29) is 5.97 Å². The molecule has 0 aliphatic heterocycles. The SMILES string of the molecule is CCOC(=O)C=C1C2CC3CC(C2)CC1C3. The van der Waals surface area contributed by atoms with Gasteiger partial charge >= 0.3 is 5.97 Å². The third-order valence-corrected chi connectivity index (χ3v) is 4.65. The van der Waals surface area contributed by atoms with Crippen molar-refractivity contribution >= 4 is 5.97 Å². The molecule has 0 saturated heterocycles. The van der Waals surface area contributed by atoms with E-state index in [4.69, 9.17) is 4.74 Å². The standard InChI is InChI=1S/C14H20O2/c1-2-16-14(15)8-13-11-4-9-3-10(6-11)7-12(13)5-9/h8-12H,2-7H2,1H3. The van der Waals surface area contributed by atoms with Crippen molar-refractivity contribution in [2.75, 3.05) is 6.61 Å². The van der Waals surface area contributed by atoms with Crippen molar-refractivity contribution in [1.29, 1.82) is 0 Å². The fourth-order valence-corrected chi connectivity index (χ4v) is 4.28. The van der Waals surface area contributed by atoms with Gasteiger partial charge in [0.05, 0.1) is 6.61 Å². The molecule has 0 N–H and O–H groups in total. The molecule has 0 atom stereocenters. The number of hydrogen-bond acceptors (Lipinski definition) is 2. The molecule has 2 heteroatoms. The van der Waals surface area contributed by atoms with Crippen molar-refractivity contribution < 1.29 is 9.53 Å². The maximum absolute atomic E-state index is 11.5. The lowest BCUT2D eigenvalue weighted by Gasteiger charge is -2.51. The van der Waals surface area contributed by atoms with Crippen LogP contribution in [0.1, 0.15) is 39.0 Å². The third-order valence-electron chi connectivity index (χ3n) is 4.65. The molecule has 2 nitrogen and oxygen atoms in total. The van der Waals surface area contributed by atoms with Crippen molar-refractivity contribution in [2.45, 2.75) is 39.0 Å². The number of ether oxygens (including phenoxy) is 1. The minimum Gasteiger partial charge on any atom is -0.463 e. The molecule has 0 aromatic heterocycles. The molecule has 0 unspecified atom stereocenters. The lowest BCUT2D eigenvalue weighted by molar-refractivity contribution is -0.137. The Morgan fingerprint density at radius 2 is 1.75 bits per heavy atom. The maximum Gasteiger partial charge on any atom is 0.330 e. The van der Waals surface area contributed by atoms with Crippen molar-refractivity contribution in [1.82, 2.24) is 0 Å². The Labute approximate surface area is 97.1 Å². The molecule has 0 heterocycles. The number of allylic oxidation sites excluding steroid dienone is 1. The highest BCUT2D eigenvalue weighted by Gasteiger charge is 2.45. The van der Waals surface area contributed by atoms with Crippen LogP contribution in [-0.4, -0.2) is 12.6 Å². The highest BCUT2D eigenvalue weighted by Crippen LogP contribution is 2.56. The van der Waals surface area contributed by atoms with Gasteiger partial charge in [-0.2, -0.15) is 0 Å². The Bertz CT molecular complexity index is 300. The first-order valence-corrected chi connectivity index (χ1v) is 6.64. The summed E-state index contributed by atoms with van der Waals surface area (Å²) in [5, 5.41) is 0. The number of carbonyl (C=O) groups is 1. The van der Waals surface area contributed by atoms with Gasteiger partial charge in [0.25, 0.3) is 0 Å². The van der Waals surface area contributed by atoms with Gasteiger partial charge in [0.15, 0.2) is 0 Å². The average molecular weight is 220 g/mol. The summed E-state index contributed by atoms with van der Waals surface area (Å²) in [6.45, 7) is 2.36. The molecule has 88 valence electrons. The topological polar surface area (TPSA) is 26.3 Å². The van der Waals surface area contributed by atoms with Crippen LogP contribution in [0.2, 0.25) is 0 Å². The third kappa shape index (κ3) is 1.68. The molecule has 4 aliphatic carbocycles. The molecule has 0 radical (unpaired) electrons. The predicted molar refractivity (Wildman–Crippen MR) is 61.8 cm³/mol. The molecule has 16 heavy (non-hydrogen) atoms. The first-order chi connectivity index (χ1) is 7.76. The van der Waals surface area contributed by atoms with Gasteiger partial charge in [-0.15, -0.1) is 0 Å². The summed E-state index contributed by atoms with van der Waals surface area (Å²) in [5.41, 5.74) is 1.42. The van der Waals surface area contributed by atoms with Gasteiger partial charge < -0.3 is 4.74 Å². The van der Waals surface area contributed by atoms with Gasteiger partial charge in [-0.05, 0) is 62.7 Å². The molecule has 4 bridgehead atoms. The van der Waals surface area contributed by atoms with Crippen LogP contribution in [0, 0.1) is 23.7 Å². The zero-order chi connectivity index (χ0) is 11.1. The Hall–Kier alpha value is -0.790. The second-order valence-electron chi connectivity index (χ2n) is 5.70. The number of rotatable bonds is 2. The van der Waals surface area contributed by atoms with E-state index >= 15 is 0 Å². The van der Waals surface area contributed by atoms with Crippen LogP contribution in [0.15, 0.2) is 11.6 Å². The molecule has 4 saturated carbocycles. The van der Waals surface area contributed by atoms with E-state index < -0.39 is 0 Å². The summed E-state index contributed by atoms with van der Waals surface area (Å²) in [5.74, 6) is 3.22.